The third-order valence-corrected chi connectivity index (χ3v) is 4.15. The molecule has 120 valence electrons. The number of anilines is 1. The van der Waals surface area contributed by atoms with Crippen LogP contribution in [0.2, 0.25) is 5.02 Å². The second kappa shape index (κ2) is 6.09. The Hall–Kier alpha value is -2.66. The van der Waals surface area contributed by atoms with E-state index in [1.807, 2.05) is 36.4 Å². The van der Waals surface area contributed by atoms with Crippen LogP contribution in [0.15, 0.2) is 54.7 Å². The van der Waals surface area contributed by atoms with Crippen molar-refractivity contribution in [2.45, 2.75) is 18.8 Å². The Morgan fingerprint density at radius 3 is 2.62 bits per heavy atom. The van der Waals surface area contributed by atoms with Crippen LogP contribution in [0, 0.1) is 0 Å². The van der Waals surface area contributed by atoms with E-state index in [-0.39, 0.29) is 5.91 Å². The van der Waals surface area contributed by atoms with Gasteiger partial charge in [0.25, 0.3) is 5.91 Å². The minimum absolute atomic E-state index is 0.243. The number of halogens is 1. The van der Waals surface area contributed by atoms with Gasteiger partial charge >= 0.3 is 0 Å². The van der Waals surface area contributed by atoms with Crippen molar-refractivity contribution in [3.05, 3.63) is 71.1 Å². The van der Waals surface area contributed by atoms with Gasteiger partial charge in [0.15, 0.2) is 0 Å². The number of amides is 1. The summed E-state index contributed by atoms with van der Waals surface area (Å²) in [4.78, 5) is 16.8. The molecule has 0 atom stereocenters. The highest BCUT2D eigenvalue weighted by molar-refractivity contribution is 6.30. The predicted molar refractivity (Wildman–Crippen MR) is 92.7 cm³/mol. The highest BCUT2D eigenvalue weighted by atomic mass is 35.5. The van der Waals surface area contributed by atoms with E-state index in [0.29, 0.717) is 22.5 Å². The first-order chi connectivity index (χ1) is 11.7. The fourth-order valence-electron chi connectivity index (χ4n) is 2.54. The van der Waals surface area contributed by atoms with E-state index in [1.165, 1.54) is 6.20 Å². The Bertz CT molecular complexity index is 870. The summed E-state index contributed by atoms with van der Waals surface area (Å²) in [5, 5.41) is 7.96. The molecule has 2 heterocycles. The molecule has 1 amide bonds. The van der Waals surface area contributed by atoms with Crippen LogP contribution in [-0.4, -0.2) is 20.7 Å². The summed E-state index contributed by atoms with van der Waals surface area (Å²) in [6.45, 7) is 0. The van der Waals surface area contributed by atoms with E-state index in [0.717, 1.165) is 24.2 Å². The van der Waals surface area contributed by atoms with Crippen LogP contribution in [0.3, 0.4) is 0 Å². The number of aromatic nitrogens is 3. The number of para-hydroxylation sites is 1. The number of benzene rings is 1. The molecule has 0 saturated heterocycles. The van der Waals surface area contributed by atoms with E-state index >= 15 is 0 Å². The van der Waals surface area contributed by atoms with Crippen LogP contribution >= 0.6 is 11.6 Å². The molecule has 0 aliphatic heterocycles. The van der Waals surface area contributed by atoms with Crippen molar-refractivity contribution in [1.82, 2.24) is 14.8 Å². The van der Waals surface area contributed by atoms with Crippen molar-refractivity contribution in [1.29, 1.82) is 0 Å². The molecule has 6 heteroatoms. The van der Waals surface area contributed by atoms with Crippen molar-refractivity contribution in [2.24, 2.45) is 0 Å². The summed E-state index contributed by atoms with van der Waals surface area (Å²) >= 11 is 5.83. The minimum Gasteiger partial charge on any atom is -0.305 e. The fraction of sp³-hybridized carbons (Fsp3) is 0.167. The van der Waals surface area contributed by atoms with E-state index in [1.54, 1.807) is 16.8 Å². The average Bonchev–Trinajstić information content (AvgIpc) is 3.36. The summed E-state index contributed by atoms with van der Waals surface area (Å²) in [6, 6.07) is 14.9. The molecule has 0 bridgehead atoms. The van der Waals surface area contributed by atoms with Gasteiger partial charge in [-0.3, -0.25) is 4.79 Å². The lowest BCUT2D eigenvalue weighted by molar-refractivity contribution is 0.101. The zero-order valence-corrected chi connectivity index (χ0v) is 13.6. The first kappa shape index (κ1) is 14.9. The molecule has 0 spiro atoms. The second-order valence-corrected chi connectivity index (χ2v) is 6.23. The van der Waals surface area contributed by atoms with Gasteiger partial charge in [0.1, 0.15) is 11.5 Å². The van der Waals surface area contributed by atoms with Gasteiger partial charge in [0.05, 0.1) is 16.4 Å². The number of carbonyl (C=O) groups excluding carboxylic acids is 1. The van der Waals surface area contributed by atoms with Gasteiger partial charge in [-0.2, -0.15) is 5.10 Å². The Morgan fingerprint density at radius 2 is 1.96 bits per heavy atom. The molecule has 0 unspecified atom stereocenters. The van der Waals surface area contributed by atoms with E-state index in [4.69, 9.17) is 11.6 Å². The van der Waals surface area contributed by atoms with Crippen LogP contribution in [0.4, 0.5) is 5.82 Å². The normalized spacial score (nSPS) is 13.7. The number of nitrogens with one attached hydrogen (secondary N) is 1. The Kier molecular flexibility index (Phi) is 3.78. The van der Waals surface area contributed by atoms with Gasteiger partial charge in [-0.05, 0) is 43.2 Å². The first-order valence-corrected chi connectivity index (χ1v) is 8.17. The van der Waals surface area contributed by atoms with Crippen LogP contribution in [0.1, 0.15) is 34.9 Å². The summed E-state index contributed by atoms with van der Waals surface area (Å²) in [5.41, 5.74) is 2.33. The average molecular weight is 339 g/mol. The molecule has 3 aromatic rings. The number of hydrogen-bond donors (Lipinski definition) is 1. The van der Waals surface area contributed by atoms with E-state index < -0.39 is 0 Å². The number of carbonyl (C=O) groups is 1. The number of hydrogen-bond acceptors (Lipinski definition) is 3. The van der Waals surface area contributed by atoms with Gasteiger partial charge < -0.3 is 5.32 Å². The molecule has 2 aromatic heterocycles. The topological polar surface area (TPSA) is 59.8 Å². The van der Waals surface area contributed by atoms with Crippen molar-refractivity contribution in [3.63, 3.8) is 0 Å². The van der Waals surface area contributed by atoms with Gasteiger partial charge in [0.2, 0.25) is 0 Å². The molecule has 1 saturated carbocycles. The maximum atomic E-state index is 12.7. The van der Waals surface area contributed by atoms with Gasteiger partial charge in [-0.1, -0.05) is 29.8 Å². The van der Waals surface area contributed by atoms with Crippen LogP contribution in [-0.2, 0) is 0 Å². The molecule has 1 aliphatic rings. The largest absolute Gasteiger partial charge is 0.305 e. The zero-order valence-electron chi connectivity index (χ0n) is 12.8. The Labute approximate surface area is 144 Å². The van der Waals surface area contributed by atoms with Gasteiger partial charge in [0, 0.05) is 12.1 Å². The molecule has 4 rings (SSSR count). The standard InChI is InChI=1S/C18H15ClN4O/c19-13-8-9-17(20-11-13)21-18(24)16-10-15(12-6-7-12)22-23(16)14-4-2-1-3-5-14/h1-5,8-12H,6-7H2,(H,20,21,24). The highest BCUT2D eigenvalue weighted by Crippen LogP contribution is 2.39. The van der Waals surface area contributed by atoms with Crippen molar-refractivity contribution < 1.29 is 4.79 Å². The van der Waals surface area contributed by atoms with Gasteiger partial charge in [-0.15, -0.1) is 0 Å². The number of nitrogens with zero attached hydrogens (tertiary/aromatic N) is 3. The first-order valence-electron chi connectivity index (χ1n) is 7.79. The quantitative estimate of drug-likeness (QED) is 0.780. The minimum atomic E-state index is -0.243. The van der Waals surface area contributed by atoms with Crippen LogP contribution in [0.5, 0.6) is 0 Å². The third kappa shape index (κ3) is 3.03. The molecular weight excluding hydrogens is 324 g/mol. The van der Waals surface area contributed by atoms with Crippen molar-refractivity contribution in [3.8, 4) is 5.69 Å². The van der Waals surface area contributed by atoms with E-state index in [2.05, 4.69) is 15.4 Å². The third-order valence-electron chi connectivity index (χ3n) is 3.93. The summed E-state index contributed by atoms with van der Waals surface area (Å²) in [5.74, 6) is 0.682. The monoisotopic (exact) mass is 338 g/mol. The van der Waals surface area contributed by atoms with E-state index in [9.17, 15) is 4.79 Å². The van der Waals surface area contributed by atoms with Gasteiger partial charge in [-0.25, -0.2) is 9.67 Å². The SMILES string of the molecule is O=C(Nc1ccc(Cl)cn1)c1cc(C2CC2)nn1-c1ccccc1. The molecule has 0 radical (unpaired) electrons. The predicted octanol–water partition coefficient (Wildman–Crippen LogP) is 4.05. The molecule has 1 aromatic carbocycles. The summed E-state index contributed by atoms with van der Waals surface area (Å²) in [7, 11) is 0. The fourth-order valence-corrected chi connectivity index (χ4v) is 2.65. The summed E-state index contributed by atoms with van der Waals surface area (Å²) in [6.07, 6.45) is 3.76. The molecule has 24 heavy (non-hydrogen) atoms. The number of pyridine rings is 1. The lowest BCUT2D eigenvalue weighted by Crippen LogP contribution is -2.17. The molecule has 1 N–H and O–H groups in total. The molecular formula is C18H15ClN4O. The zero-order chi connectivity index (χ0) is 16.5. The molecule has 1 aliphatic carbocycles. The molecule has 1 fully saturated rings. The maximum Gasteiger partial charge on any atom is 0.275 e. The number of rotatable bonds is 4. The highest BCUT2D eigenvalue weighted by Gasteiger charge is 2.29. The smallest absolute Gasteiger partial charge is 0.275 e. The van der Waals surface area contributed by atoms with Crippen molar-refractivity contribution in [2.75, 3.05) is 5.32 Å². The molecule has 5 nitrogen and oxygen atoms in total. The lowest BCUT2D eigenvalue weighted by Gasteiger charge is -2.07. The van der Waals surface area contributed by atoms with Crippen molar-refractivity contribution >= 4 is 23.3 Å². The van der Waals surface area contributed by atoms with Crippen LogP contribution < -0.4 is 5.32 Å². The maximum absolute atomic E-state index is 12.7. The summed E-state index contributed by atoms with van der Waals surface area (Å²) < 4.78 is 1.69. The second-order valence-electron chi connectivity index (χ2n) is 5.79. The van der Waals surface area contributed by atoms with Crippen LogP contribution in [0.25, 0.3) is 5.69 Å². The Balaban J connectivity index is 1.68. The lowest BCUT2D eigenvalue weighted by atomic mass is 10.2. The Morgan fingerprint density at radius 1 is 1.17 bits per heavy atom.